The molecule has 0 spiro atoms. The molecule has 0 saturated heterocycles. The summed E-state index contributed by atoms with van der Waals surface area (Å²) in [4.78, 5) is 15.0. The molecule has 6 heteroatoms. The van der Waals surface area contributed by atoms with Gasteiger partial charge in [-0.2, -0.15) is 0 Å². The van der Waals surface area contributed by atoms with Crippen LogP contribution in [0.4, 0.5) is 5.69 Å². The molecule has 3 rings (SSSR count). The lowest BCUT2D eigenvalue weighted by Gasteiger charge is -2.09. The van der Waals surface area contributed by atoms with E-state index in [9.17, 15) is 15.2 Å². The molecule has 0 bridgehead atoms. The number of phenolic OH excluding ortho intramolecular Hbond substituents is 1. The molecule has 0 fully saturated rings. The van der Waals surface area contributed by atoms with Gasteiger partial charge in [0.2, 0.25) is 0 Å². The van der Waals surface area contributed by atoms with Crippen LogP contribution in [0, 0.1) is 10.1 Å². The van der Waals surface area contributed by atoms with Gasteiger partial charge < -0.3 is 9.67 Å². The highest BCUT2D eigenvalue weighted by Crippen LogP contribution is 2.21. The van der Waals surface area contributed by atoms with Crippen molar-refractivity contribution in [2.75, 3.05) is 0 Å². The largest absolute Gasteiger partial charge is 0.508 e. The number of aromatic hydroxyl groups is 1. The van der Waals surface area contributed by atoms with Crippen molar-refractivity contribution < 1.29 is 10.0 Å². The van der Waals surface area contributed by atoms with Crippen LogP contribution in [-0.4, -0.2) is 19.6 Å². The first kappa shape index (κ1) is 14.8. The second-order valence-electron chi connectivity index (χ2n) is 5.20. The molecule has 0 unspecified atom stereocenters. The number of para-hydroxylation sites is 1. The van der Waals surface area contributed by atoms with Gasteiger partial charge in [0.1, 0.15) is 11.6 Å². The summed E-state index contributed by atoms with van der Waals surface area (Å²) in [5, 5.41) is 20.7. The first-order chi connectivity index (χ1) is 11.1. The number of imidazole rings is 1. The Morgan fingerprint density at radius 1 is 1.17 bits per heavy atom. The van der Waals surface area contributed by atoms with Crippen molar-refractivity contribution in [2.45, 2.75) is 13.0 Å². The Morgan fingerprint density at radius 2 is 2.00 bits per heavy atom. The van der Waals surface area contributed by atoms with Gasteiger partial charge in [-0.05, 0) is 17.7 Å². The van der Waals surface area contributed by atoms with E-state index in [1.807, 2.05) is 16.8 Å². The maximum absolute atomic E-state index is 11.1. The highest BCUT2D eigenvalue weighted by atomic mass is 16.6. The highest BCUT2D eigenvalue weighted by molar-refractivity contribution is 5.41. The zero-order valence-corrected chi connectivity index (χ0v) is 12.3. The van der Waals surface area contributed by atoms with Gasteiger partial charge in [0, 0.05) is 37.0 Å². The van der Waals surface area contributed by atoms with E-state index in [0.29, 0.717) is 18.5 Å². The van der Waals surface area contributed by atoms with Crippen molar-refractivity contribution in [3.8, 4) is 5.75 Å². The number of nitrogens with zero attached hydrogens (tertiary/aromatic N) is 3. The lowest BCUT2D eigenvalue weighted by molar-refractivity contribution is -0.385. The third-order valence-electron chi connectivity index (χ3n) is 3.60. The Labute approximate surface area is 132 Å². The van der Waals surface area contributed by atoms with Gasteiger partial charge in [0.15, 0.2) is 0 Å². The molecule has 1 heterocycles. The Kier molecular flexibility index (Phi) is 4.05. The maximum Gasteiger partial charge on any atom is 0.273 e. The number of phenols is 1. The molecule has 1 aromatic heterocycles. The normalized spacial score (nSPS) is 10.6. The average molecular weight is 309 g/mol. The fourth-order valence-corrected chi connectivity index (χ4v) is 2.51. The van der Waals surface area contributed by atoms with E-state index in [1.54, 1.807) is 42.6 Å². The molecule has 3 aromatic rings. The zero-order chi connectivity index (χ0) is 16.2. The van der Waals surface area contributed by atoms with Gasteiger partial charge in [-0.15, -0.1) is 0 Å². The number of rotatable bonds is 5. The molecule has 6 nitrogen and oxygen atoms in total. The third kappa shape index (κ3) is 3.37. The van der Waals surface area contributed by atoms with E-state index in [2.05, 4.69) is 4.98 Å². The van der Waals surface area contributed by atoms with E-state index < -0.39 is 0 Å². The summed E-state index contributed by atoms with van der Waals surface area (Å²) in [5.41, 5.74) is 1.66. The van der Waals surface area contributed by atoms with Gasteiger partial charge >= 0.3 is 0 Å². The summed E-state index contributed by atoms with van der Waals surface area (Å²) in [7, 11) is 0. The number of nitro groups is 1. The molecule has 2 aromatic carbocycles. The smallest absolute Gasteiger partial charge is 0.273 e. The van der Waals surface area contributed by atoms with Gasteiger partial charge in [0.25, 0.3) is 5.69 Å². The molecule has 0 radical (unpaired) electrons. The molecule has 0 aliphatic rings. The van der Waals surface area contributed by atoms with Gasteiger partial charge in [-0.3, -0.25) is 10.1 Å². The van der Waals surface area contributed by atoms with E-state index in [4.69, 9.17) is 0 Å². The number of hydrogen-bond donors (Lipinski definition) is 1. The Bertz CT molecular complexity index is 842. The summed E-state index contributed by atoms with van der Waals surface area (Å²) in [6.45, 7) is 0.546. The summed E-state index contributed by atoms with van der Waals surface area (Å²) in [5.74, 6) is 0.950. The van der Waals surface area contributed by atoms with Crippen molar-refractivity contribution in [1.82, 2.24) is 9.55 Å². The first-order valence-electron chi connectivity index (χ1n) is 7.13. The summed E-state index contributed by atoms with van der Waals surface area (Å²) >= 11 is 0. The van der Waals surface area contributed by atoms with Crippen molar-refractivity contribution in [3.63, 3.8) is 0 Å². The summed E-state index contributed by atoms with van der Waals surface area (Å²) in [6, 6.07) is 13.7. The van der Waals surface area contributed by atoms with E-state index >= 15 is 0 Å². The van der Waals surface area contributed by atoms with E-state index in [1.165, 1.54) is 6.07 Å². The van der Waals surface area contributed by atoms with Crippen LogP contribution < -0.4 is 0 Å². The Balaban J connectivity index is 1.86. The Hall–Kier alpha value is -3.15. The highest BCUT2D eigenvalue weighted by Gasteiger charge is 2.15. The van der Waals surface area contributed by atoms with Gasteiger partial charge in [-0.1, -0.05) is 30.3 Å². The number of aromatic nitrogens is 2. The molecule has 116 valence electrons. The van der Waals surface area contributed by atoms with Crippen LogP contribution in [0.25, 0.3) is 0 Å². The van der Waals surface area contributed by atoms with Crippen LogP contribution in [0.3, 0.4) is 0 Å². The second kappa shape index (κ2) is 6.31. The monoisotopic (exact) mass is 309 g/mol. The van der Waals surface area contributed by atoms with E-state index in [-0.39, 0.29) is 16.4 Å². The lowest BCUT2D eigenvalue weighted by atomic mass is 10.1. The molecule has 0 saturated carbocycles. The minimum atomic E-state index is -0.377. The van der Waals surface area contributed by atoms with E-state index in [0.717, 1.165) is 11.4 Å². The van der Waals surface area contributed by atoms with Gasteiger partial charge in [0.05, 0.1) is 4.92 Å². The van der Waals surface area contributed by atoms with Crippen LogP contribution in [0.5, 0.6) is 5.75 Å². The predicted octanol–water partition coefficient (Wildman–Crippen LogP) is 3.14. The SMILES string of the molecule is O=[N+]([O-])c1ccccc1Cc1nccn1Cc1cccc(O)c1. The Morgan fingerprint density at radius 3 is 2.78 bits per heavy atom. The second-order valence-corrected chi connectivity index (χ2v) is 5.20. The molecule has 0 atom stereocenters. The quantitative estimate of drug-likeness (QED) is 0.580. The van der Waals surface area contributed by atoms with Crippen LogP contribution >= 0.6 is 0 Å². The minimum Gasteiger partial charge on any atom is -0.508 e. The lowest BCUT2D eigenvalue weighted by Crippen LogP contribution is -2.06. The molecule has 0 aliphatic heterocycles. The molecule has 0 aliphatic carbocycles. The topological polar surface area (TPSA) is 81.2 Å². The predicted molar refractivity (Wildman–Crippen MR) is 85.3 cm³/mol. The fraction of sp³-hybridized carbons (Fsp3) is 0.118. The number of nitro benzene ring substituents is 1. The van der Waals surface area contributed by atoms with Crippen molar-refractivity contribution in [1.29, 1.82) is 0 Å². The molecule has 23 heavy (non-hydrogen) atoms. The maximum atomic E-state index is 11.1. The first-order valence-corrected chi connectivity index (χ1v) is 7.13. The standard InChI is InChI=1S/C17H15N3O3/c21-15-6-3-4-13(10-15)12-19-9-8-18-17(19)11-14-5-1-2-7-16(14)20(22)23/h1-10,21H,11-12H2. The molecular formula is C17H15N3O3. The third-order valence-corrected chi connectivity index (χ3v) is 3.60. The molecular weight excluding hydrogens is 294 g/mol. The minimum absolute atomic E-state index is 0.0967. The fourth-order valence-electron chi connectivity index (χ4n) is 2.51. The average Bonchev–Trinajstić information content (AvgIpc) is 2.94. The van der Waals surface area contributed by atoms with Gasteiger partial charge in [-0.25, -0.2) is 4.98 Å². The molecule has 1 N–H and O–H groups in total. The zero-order valence-electron chi connectivity index (χ0n) is 12.3. The van der Waals surface area contributed by atoms with Crippen LogP contribution in [0.15, 0.2) is 60.9 Å². The van der Waals surface area contributed by atoms with Crippen molar-refractivity contribution in [3.05, 3.63) is 88.0 Å². The van der Waals surface area contributed by atoms with Crippen molar-refractivity contribution >= 4 is 5.69 Å². The number of hydrogen-bond acceptors (Lipinski definition) is 4. The van der Waals surface area contributed by atoms with Crippen molar-refractivity contribution in [2.24, 2.45) is 0 Å². The summed E-state index contributed by atoms with van der Waals surface area (Å²) < 4.78 is 1.92. The van der Waals surface area contributed by atoms with Crippen LogP contribution in [0.1, 0.15) is 17.0 Å². The summed E-state index contributed by atoms with van der Waals surface area (Å²) in [6.07, 6.45) is 3.88. The van der Waals surface area contributed by atoms with Crippen LogP contribution in [0.2, 0.25) is 0 Å². The van der Waals surface area contributed by atoms with Crippen LogP contribution in [-0.2, 0) is 13.0 Å². The number of benzene rings is 2. The molecule has 0 amide bonds.